The Kier molecular flexibility index (Phi) is 4.73. The Hall–Kier alpha value is -1.53. The summed E-state index contributed by atoms with van der Waals surface area (Å²) in [5.74, 6) is 1.02. The molecule has 6 nitrogen and oxygen atoms in total. The van der Waals surface area contributed by atoms with E-state index in [0.717, 1.165) is 63.9 Å². The van der Waals surface area contributed by atoms with Gasteiger partial charge in [0.25, 0.3) is 0 Å². The van der Waals surface area contributed by atoms with Crippen molar-refractivity contribution in [1.82, 2.24) is 9.88 Å². The number of likely N-dealkylation sites (tertiary alicyclic amines) is 1. The van der Waals surface area contributed by atoms with Gasteiger partial charge < -0.3 is 20.6 Å². The van der Waals surface area contributed by atoms with Crippen molar-refractivity contribution >= 4 is 29.0 Å². The molecule has 0 aromatic carbocycles. The normalized spacial score (nSPS) is 32.5. The third-order valence-corrected chi connectivity index (χ3v) is 6.65. The lowest BCUT2D eigenvalue weighted by Gasteiger charge is -2.41. The minimum atomic E-state index is -0.319. The molecule has 0 unspecified atom stereocenters. The fraction of sp³-hybridized carbons (Fsp3) is 0.684. The van der Waals surface area contributed by atoms with Gasteiger partial charge in [0.15, 0.2) is 0 Å². The summed E-state index contributed by atoms with van der Waals surface area (Å²) in [6, 6.07) is 2.01. The van der Waals surface area contributed by atoms with Crippen LogP contribution in [0.15, 0.2) is 12.3 Å². The van der Waals surface area contributed by atoms with E-state index in [0.29, 0.717) is 23.3 Å². The molecule has 2 aliphatic heterocycles. The van der Waals surface area contributed by atoms with Gasteiger partial charge in [0.2, 0.25) is 5.91 Å². The first-order valence-electron chi connectivity index (χ1n) is 9.64. The van der Waals surface area contributed by atoms with Crippen LogP contribution in [0.4, 0.5) is 11.5 Å². The van der Waals surface area contributed by atoms with Gasteiger partial charge in [0.05, 0.1) is 28.4 Å². The van der Waals surface area contributed by atoms with Crippen LogP contribution in [0.1, 0.15) is 44.9 Å². The number of piperidine rings is 1. The fourth-order valence-corrected chi connectivity index (χ4v) is 5.23. The Balaban J connectivity index is 1.50. The van der Waals surface area contributed by atoms with Crippen molar-refractivity contribution in [3.05, 3.63) is 17.3 Å². The number of nitrogens with two attached hydrogens (primary N) is 1. The van der Waals surface area contributed by atoms with E-state index in [2.05, 4.69) is 14.8 Å². The quantitative estimate of drug-likeness (QED) is 0.825. The van der Waals surface area contributed by atoms with Crippen molar-refractivity contribution in [3.8, 4) is 0 Å². The third kappa shape index (κ3) is 3.14. The lowest BCUT2D eigenvalue weighted by molar-refractivity contribution is -0.139. The summed E-state index contributed by atoms with van der Waals surface area (Å²) in [7, 11) is 0. The molecule has 4 rings (SSSR count). The summed E-state index contributed by atoms with van der Waals surface area (Å²) in [4.78, 5) is 22.0. The van der Waals surface area contributed by atoms with E-state index in [1.54, 1.807) is 12.3 Å². The summed E-state index contributed by atoms with van der Waals surface area (Å²) >= 11 is 6.36. The molecule has 142 valence electrons. The number of hydrogen-bond acceptors (Lipinski definition) is 5. The largest absolute Gasteiger partial charge is 0.397 e. The number of rotatable bonds is 2. The molecule has 3 fully saturated rings. The fourth-order valence-electron chi connectivity index (χ4n) is 4.94. The number of pyridine rings is 1. The number of aromatic nitrogens is 1. The smallest absolute Gasteiger partial charge is 0.230 e. The first kappa shape index (κ1) is 17.9. The summed E-state index contributed by atoms with van der Waals surface area (Å²) < 4.78 is 0. The third-order valence-electron chi connectivity index (χ3n) is 6.37. The van der Waals surface area contributed by atoms with E-state index < -0.39 is 0 Å². The van der Waals surface area contributed by atoms with Gasteiger partial charge in [-0.25, -0.2) is 4.98 Å². The van der Waals surface area contributed by atoms with Crippen molar-refractivity contribution in [3.63, 3.8) is 0 Å². The molecule has 1 atom stereocenters. The Morgan fingerprint density at radius 3 is 2.73 bits per heavy atom. The number of amides is 1. The molecule has 26 heavy (non-hydrogen) atoms. The van der Waals surface area contributed by atoms with Crippen LogP contribution in [-0.2, 0) is 4.79 Å². The van der Waals surface area contributed by atoms with Crippen molar-refractivity contribution in [2.45, 2.75) is 57.1 Å². The highest BCUT2D eigenvalue weighted by Gasteiger charge is 2.50. The van der Waals surface area contributed by atoms with Crippen molar-refractivity contribution in [2.24, 2.45) is 5.41 Å². The van der Waals surface area contributed by atoms with E-state index in [9.17, 15) is 9.90 Å². The SMILES string of the molecule is Nc1cnc(N2CCC[C@]3(CCN([C@H]4CC[C@H](O)CC4)C3=O)C2)c(Cl)c1. The number of nitrogens with zero attached hydrogens (tertiary/aromatic N) is 3. The second-order valence-electron chi connectivity index (χ2n) is 8.09. The number of anilines is 2. The molecular weight excluding hydrogens is 352 g/mol. The maximum absolute atomic E-state index is 13.3. The average molecular weight is 379 g/mol. The molecule has 3 N–H and O–H groups in total. The lowest BCUT2D eigenvalue weighted by atomic mass is 9.78. The maximum atomic E-state index is 13.3. The standard InChI is InChI=1S/C19H27ClN4O2/c20-16-10-13(21)11-22-17(16)23-8-1-6-19(12-23)7-9-24(18(19)26)14-2-4-15(25)5-3-14/h10-11,14-15,25H,1-9,12,21H2/t14-,15-,19-/m0/s1. The zero-order chi connectivity index (χ0) is 18.3. The molecular formula is C19H27ClN4O2. The Morgan fingerprint density at radius 1 is 1.23 bits per heavy atom. The van der Waals surface area contributed by atoms with Crippen LogP contribution in [0.25, 0.3) is 0 Å². The first-order chi connectivity index (χ1) is 12.5. The molecule has 1 saturated carbocycles. The zero-order valence-corrected chi connectivity index (χ0v) is 15.8. The number of aliphatic hydroxyl groups is 1. The Morgan fingerprint density at radius 2 is 2.00 bits per heavy atom. The minimum Gasteiger partial charge on any atom is -0.397 e. The Labute approximate surface area is 159 Å². The monoisotopic (exact) mass is 378 g/mol. The number of hydrogen-bond donors (Lipinski definition) is 2. The maximum Gasteiger partial charge on any atom is 0.230 e. The molecule has 2 saturated heterocycles. The predicted molar refractivity (Wildman–Crippen MR) is 102 cm³/mol. The van der Waals surface area contributed by atoms with Gasteiger partial charge in [0, 0.05) is 25.7 Å². The van der Waals surface area contributed by atoms with Gasteiger partial charge in [-0.1, -0.05) is 11.6 Å². The predicted octanol–water partition coefficient (Wildman–Crippen LogP) is 2.44. The first-order valence-corrected chi connectivity index (χ1v) is 10.0. The topological polar surface area (TPSA) is 82.7 Å². The van der Waals surface area contributed by atoms with E-state index in [-0.39, 0.29) is 17.4 Å². The molecule has 3 heterocycles. The molecule has 1 aliphatic carbocycles. The molecule has 1 amide bonds. The highest BCUT2D eigenvalue weighted by atomic mass is 35.5. The summed E-state index contributed by atoms with van der Waals surface area (Å²) in [6.07, 6.45) is 7.66. The number of nitrogen functional groups attached to an aromatic ring is 1. The van der Waals surface area contributed by atoms with Crippen molar-refractivity contribution in [1.29, 1.82) is 0 Å². The average Bonchev–Trinajstić information content (AvgIpc) is 2.92. The lowest BCUT2D eigenvalue weighted by Crippen LogP contribution is -2.50. The van der Waals surface area contributed by atoms with Crippen LogP contribution in [0.3, 0.4) is 0 Å². The highest BCUT2D eigenvalue weighted by Crippen LogP contribution is 2.44. The van der Waals surface area contributed by atoms with Crippen molar-refractivity contribution < 1.29 is 9.90 Å². The number of halogens is 1. The summed E-state index contributed by atoms with van der Waals surface area (Å²) in [5, 5.41) is 10.3. The van der Waals surface area contributed by atoms with Gasteiger partial charge in [0.1, 0.15) is 5.82 Å². The molecule has 0 radical (unpaired) electrons. The van der Waals surface area contributed by atoms with E-state index in [1.807, 2.05) is 0 Å². The van der Waals surface area contributed by atoms with Crippen LogP contribution < -0.4 is 10.6 Å². The van der Waals surface area contributed by atoms with E-state index >= 15 is 0 Å². The molecule has 7 heteroatoms. The van der Waals surface area contributed by atoms with Gasteiger partial charge >= 0.3 is 0 Å². The van der Waals surface area contributed by atoms with E-state index in [1.165, 1.54) is 0 Å². The van der Waals surface area contributed by atoms with Gasteiger partial charge in [-0.3, -0.25) is 4.79 Å². The van der Waals surface area contributed by atoms with Gasteiger partial charge in [-0.2, -0.15) is 0 Å². The molecule has 0 bridgehead atoms. The number of carbonyl (C=O) groups excluding carboxylic acids is 1. The molecule has 1 aromatic rings. The molecule has 3 aliphatic rings. The van der Waals surface area contributed by atoms with E-state index in [4.69, 9.17) is 17.3 Å². The van der Waals surface area contributed by atoms with Crippen LogP contribution in [0, 0.1) is 5.41 Å². The Bertz CT molecular complexity index is 692. The van der Waals surface area contributed by atoms with Gasteiger partial charge in [-0.15, -0.1) is 0 Å². The second kappa shape index (κ2) is 6.89. The van der Waals surface area contributed by atoms with Crippen LogP contribution in [0.5, 0.6) is 0 Å². The van der Waals surface area contributed by atoms with Crippen LogP contribution >= 0.6 is 11.6 Å². The van der Waals surface area contributed by atoms with Gasteiger partial charge in [-0.05, 0) is 51.0 Å². The minimum absolute atomic E-state index is 0.193. The second-order valence-corrected chi connectivity index (χ2v) is 8.50. The number of carbonyl (C=O) groups is 1. The number of aliphatic hydroxyl groups excluding tert-OH is 1. The molecule has 1 aromatic heterocycles. The summed E-state index contributed by atoms with van der Waals surface area (Å²) in [6.45, 7) is 2.37. The zero-order valence-electron chi connectivity index (χ0n) is 15.0. The van der Waals surface area contributed by atoms with Crippen molar-refractivity contribution in [2.75, 3.05) is 30.3 Å². The van der Waals surface area contributed by atoms with Crippen LogP contribution in [-0.4, -0.2) is 52.7 Å². The highest BCUT2D eigenvalue weighted by molar-refractivity contribution is 6.33. The molecule has 1 spiro atoms. The van der Waals surface area contributed by atoms with Crippen LogP contribution in [0.2, 0.25) is 5.02 Å². The summed E-state index contributed by atoms with van der Waals surface area (Å²) in [5.41, 5.74) is 5.99.